The molecule has 0 aliphatic carbocycles. The number of rotatable bonds is 6. The summed E-state index contributed by atoms with van der Waals surface area (Å²) in [5.41, 5.74) is 1.29. The molecule has 0 saturated carbocycles. The molecule has 3 heterocycles. The van der Waals surface area contributed by atoms with Crippen molar-refractivity contribution in [3.8, 4) is 0 Å². The summed E-state index contributed by atoms with van der Waals surface area (Å²) in [6.07, 6.45) is 1.82. The summed E-state index contributed by atoms with van der Waals surface area (Å²) in [6.45, 7) is 4.40. The van der Waals surface area contributed by atoms with Gasteiger partial charge in [-0.15, -0.1) is 0 Å². The molecule has 1 N–H and O–H groups in total. The standard InChI is InChI=1S/C18H20N4O4S/c1-3-26-17(25)15-11(2)20-18(27-15)21-16(24)12-8-14(23)22(9-12)10-13-6-4-5-7-19-13/h4-7,12H,3,8-10H2,1-2H3,(H,20,21,24). The maximum absolute atomic E-state index is 12.5. The lowest BCUT2D eigenvalue weighted by Gasteiger charge is -2.15. The number of anilines is 1. The lowest BCUT2D eigenvalue weighted by atomic mass is 10.1. The molecular weight excluding hydrogens is 368 g/mol. The summed E-state index contributed by atoms with van der Waals surface area (Å²) in [5, 5.41) is 3.04. The highest BCUT2D eigenvalue weighted by Gasteiger charge is 2.35. The van der Waals surface area contributed by atoms with Gasteiger partial charge < -0.3 is 15.0 Å². The number of hydrogen-bond acceptors (Lipinski definition) is 7. The molecule has 2 aromatic rings. The number of pyridine rings is 1. The zero-order valence-corrected chi connectivity index (χ0v) is 15.9. The minimum Gasteiger partial charge on any atom is -0.462 e. The number of nitrogens with zero attached hydrogens (tertiary/aromatic N) is 3. The first-order valence-corrected chi connectivity index (χ1v) is 9.42. The van der Waals surface area contributed by atoms with Crippen molar-refractivity contribution >= 4 is 34.3 Å². The first-order valence-electron chi connectivity index (χ1n) is 8.61. The van der Waals surface area contributed by atoms with E-state index < -0.39 is 11.9 Å². The summed E-state index contributed by atoms with van der Waals surface area (Å²) in [5.74, 6) is -1.28. The Morgan fingerprint density at radius 3 is 2.93 bits per heavy atom. The van der Waals surface area contributed by atoms with Crippen molar-refractivity contribution in [2.24, 2.45) is 5.92 Å². The van der Waals surface area contributed by atoms with E-state index in [-0.39, 0.29) is 24.8 Å². The van der Waals surface area contributed by atoms with Gasteiger partial charge in [-0.25, -0.2) is 9.78 Å². The summed E-state index contributed by atoms with van der Waals surface area (Å²) >= 11 is 1.07. The van der Waals surface area contributed by atoms with Gasteiger partial charge in [-0.3, -0.25) is 14.6 Å². The summed E-state index contributed by atoms with van der Waals surface area (Å²) in [6, 6.07) is 5.51. The highest BCUT2D eigenvalue weighted by Crippen LogP contribution is 2.26. The Kier molecular flexibility index (Phi) is 5.80. The Morgan fingerprint density at radius 1 is 1.41 bits per heavy atom. The highest BCUT2D eigenvalue weighted by molar-refractivity contribution is 7.17. The average molecular weight is 388 g/mol. The van der Waals surface area contributed by atoms with E-state index in [1.807, 2.05) is 18.2 Å². The topological polar surface area (TPSA) is 101 Å². The summed E-state index contributed by atoms with van der Waals surface area (Å²) in [4.78, 5) is 47.0. The molecule has 2 aromatic heterocycles. The van der Waals surface area contributed by atoms with Gasteiger partial charge in [-0.1, -0.05) is 17.4 Å². The van der Waals surface area contributed by atoms with Crippen molar-refractivity contribution in [1.29, 1.82) is 0 Å². The van der Waals surface area contributed by atoms with Gasteiger partial charge >= 0.3 is 5.97 Å². The van der Waals surface area contributed by atoms with E-state index in [0.717, 1.165) is 17.0 Å². The molecule has 9 heteroatoms. The number of thiazole rings is 1. The second-order valence-electron chi connectivity index (χ2n) is 6.14. The minimum atomic E-state index is -0.462. The van der Waals surface area contributed by atoms with E-state index in [1.54, 1.807) is 24.9 Å². The predicted molar refractivity (Wildman–Crippen MR) is 99.2 cm³/mol. The molecule has 1 saturated heterocycles. The lowest BCUT2D eigenvalue weighted by molar-refractivity contribution is -0.128. The second-order valence-corrected chi connectivity index (χ2v) is 7.14. The second kappa shape index (κ2) is 8.26. The van der Waals surface area contributed by atoms with Crippen LogP contribution in [0.5, 0.6) is 0 Å². The van der Waals surface area contributed by atoms with E-state index in [2.05, 4.69) is 15.3 Å². The van der Waals surface area contributed by atoms with Crippen LogP contribution >= 0.6 is 11.3 Å². The molecular formula is C18H20N4O4S. The van der Waals surface area contributed by atoms with Crippen LogP contribution < -0.4 is 5.32 Å². The molecule has 142 valence electrons. The molecule has 1 aliphatic heterocycles. The first-order chi connectivity index (χ1) is 13.0. The van der Waals surface area contributed by atoms with Crippen LogP contribution in [0, 0.1) is 12.8 Å². The van der Waals surface area contributed by atoms with Gasteiger partial charge in [0.15, 0.2) is 5.13 Å². The molecule has 0 radical (unpaired) electrons. The smallest absolute Gasteiger partial charge is 0.350 e. The molecule has 1 unspecified atom stereocenters. The first kappa shape index (κ1) is 19.0. The van der Waals surface area contributed by atoms with Crippen LogP contribution in [0.4, 0.5) is 5.13 Å². The van der Waals surface area contributed by atoms with E-state index in [9.17, 15) is 14.4 Å². The fourth-order valence-corrected chi connectivity index (χ4v) is 3.69. The van der Waals surface area contributed by atoms with Crippen LogP contribution in [-0.4, -0.2) is 45.8 Å². The van der Waals surface area contributed by atoms with Crippen molar-refractivity contribution in [3.05, 3.63) is 40.7 Å². The molecule has 0 bridgehead atoms. The van der Waals surface area contributed by atoms with Crippen LogP contribution in [0.25, 0.3) is 0 Å². The normalized spacial score (nSPS) is 16.4. The van der Waals surface area contributed by atoms with Crippen LogP contribution in [0.15, 0.2) is 24.4 Å². The van der Waals surface area contributed by atoms with Crippen LogP contribution in [0.3, 0.4) is 0 Å². The Balaban J connectivity index is 1.61. The van der Waals surface area contributed by atoms with Gasteiger partial charge in [0.05, 0.1) is 30.5 Å². The number of hydrogen-bond donors (Lipinski definition) is 1. The van der Waals surface area contributed by atoms with Gasteiger partial charge in [0, 0.05) is 19.2 Å². The molecule has 3 rings (SSSR count). The molecule has 1 fully saturated rings. The number of esters is 1. The van der Waals surface area contributed by atoms with Crippen LogP contribution in [-0.2, 0) is 20.9 Å². The number of amides is 2. The number of carbonyl (C=O) groups excluding carboxylic acids is 3. The summed E-state index contributed by atoms with van der Waals surface area (Å²) in [7, 11) is 0. The monoisotopic (exact) mass is 388 g/mol. The number of aryl methyl sites for hydroxylation is 1. The van der Waals surface area contributed by atoms with Crippen molar-refractivity contribution in [1.82, 2.24) is 14.9 Å². The highest BCUT2D eigenvalue weighted by atomic mass is 32.1. The third-order valence-corrected chi connectivity index (χ3v) is 5.20. The average Bonchev–Trinajstić information content (AvgIpc) is 3.19. The maximum atomic E-state index is 12.5. The van der Waals surface area contributed by atoms with E-state index in [1.165, 1.54) is 0 Å². The van der Waals surface area contributed by atoms with Crippen molar-refractivity contribution < 1.29 is 19.1 Å². The third kappa shape index (κ3) is 4.48. The Hall–Kier alpha value is -2.81. The van der Waals surface area contributed by atoms with Crippen molar-refractivity contribution in [2.75, 3.05) is 18.5 Å². The Labute approximate surface area is 160 Å². The van der Waals surface area contributed by atoms with Gasteiger partial charge in [-0.05, 0) is 26.0 Å². The predicted octanol–water partition coefficient (Wildman–Crippen LogP) is 2.01. The fraction of sp³-hybridized carbons (Fsp3) is 0.389. The largest absolute Gasteiger partial charge is 0.462 e. The van der Waals surface area contributed by atoms with E-state index in [0.29, 0.717) is 28.8 Å². The number of ether oxygens (including phenoxy) is 1. The van der Waals surface area contributed by atoms with Gasteiger partial charge in [0.1, 0.15) is 4.88 Å². The molecule has 2 amide bonds. The number of aromatic nitrogens is 2. The van der Waals surface area contributed by atoms with Gasteiger partial charge in [0.25, 0.3) is 0 Å². The fourth-order valence-electron chi connectivity index (χ4n) is 2.83. The number of carbonyl (C=O) groups is 3. The minimum absolute atomic E-state index is 0.0802. The maximum Gasteiger partial charge on any atom is 0.350 e. The van der Waals surface area contributed by atoms with E-state index in [4.69, 9.17) is 4.74 Å². The molecule has 1 atom stereocenters. The van der Waals surface area contributed by atoms with Crippen LogP contribution in [0.2, 0.25) is 0 Å². The van der Waals surface area contributed by atoms with Crippen molar-refractivity contribution in [2.45, 2.75) is 26.8 Å². The zero-order chi connectivity index (χ0) is 19.4. The van der Waals surface area contributed by atoms with Gasteiger partial charge in [0.2, 0.25) is 11.8 Å². The molecule has 1 aliphatic rings. The molecule has 0 aromatic carbocycles. The zero-order valence-electron chi connectivity index (χ0n) is 15.1. The lowest BCUT2D eigenvalue weighted by Crippen LogP contribution is -2.28. The summed E-state index contributed by atoms with van der Waals surface area (Å²) < 4.78 is 4.97. The third-order valence-electron chi connectivity index (χ3n) is 4.15. The quantitative estimate of drug-likeness (QED) is 0.760. The van der Waals surface area contributed by atoms with E-state index >= 15 is 0 Å². The van der Waals surface area contributed by atoms with Gasteiger partial charge in [-0.2, -0.15) is 0 Å². The number of nitrogens with one attached hydrogen (secondary N) is 1. The Bertz CT molecular complexity index is 852. The van der Waals surface area contributed by atoms with Crippen molar-refractivity contribution in [3.63, 3.8) is 0 Å². The molecule has 27 heavy (non-hydrogen) atoms. The number of likely N-dealkylation sites (tertiary alicyclic amines) is 1. The molecule has 0 spiro atoms. The molecule has 8 nitrogen and oxygen atoms in total. The Morgan fingerprint density at radius 2 is 2.22 bits per heavy atom. The van der Waals surface area contributed by atoms with Crippen LogP contribution in [0.1, 0.15) is 34.4 Å². The SMILES string of the molecule is CCOC(=O)c1sc(NC(=O)C2CC(=O)N(Cc3ccccn3)C2)nc1C.